The molecule has 0 atom stereocenters. The molecule has 1 aromatic heterocycles. The minimum atomic E-state index is 0.0449. The Kier molecular flexibility index (Phi) is 3.16. The van der Waals surface area contributed by atoms with Crippen molar-refractivity contribution in [3.8, 4) is 5.75 Å². The third-order valence-electron chi connectivity index (χ3n) is 1.92. The van der Waals surface area contributed by atoms with E-state index >= 15 is 0 Å². The van der Waals surface area contributed by atoms with Crippen LogP contribution in [-0.4, -0.2) is 10.8 Å². The van der Waals surface area contributed by atoms with Gasteiger partial charge in [-0.05, 0) is 12.1 Å². The van der Waals surface area contributed by atoms with Gasteiger partial charge in [-0.15, -0.1) is 11.3 Å². The Morgan fingerprint density at radius 3 is 2.75 bits per heavy atom. The van der Waals surface area contributed by atoms with Gasteiger partial charge in [0.05, 0.1) is 4.88 Å². The number of nitrogens with two attached hydrogens (primary N) is 1. The van der Waals surface area contributed by atoms with Crippen LogP contribution in [-0.2, 0) is 6.61 Å². The number of nitrogens with one attached hydrogen (secondary N) is 1. The molecule has 16 heavy (non-hydrogen) atoms. The van der Waals surface area contributed by atoms with Crippen molar-refractivity contribution < 1.29 is 4.74 Å². The average molecular weight is 233 g/mol. The summed E-state index contributed by atoms with van der Waals surface area (Å²) in [5.41, 5.74) is 5.35. The van der Waals surface area contributed by atoms with Gasteiger partial charge in [0.1, 0.15) is 23.2 Å². The third-order valence-corrected chi connectivity index (χ3v) is 2.93. The molecule has 0 saturated heterocycles. The second kappa shape index (κ2) is 4.76. The number of hydrogen-bond donors (Lipinski definition) is 2. The molecule has 82 valence electrons. The molecule has 0 spiro atoms. The Labute approximate surface area is 97.2 Å². The SMILES string of the molecule is N=C(N)c1cnc(COc2ccccc2)s1. The van der Waals surface area contributed by atoms with E-state index in [-0.39, 0.29) is 5.84 Å². The first-order valence-corrected chi connectivity index (χ1v) is 5.54. The number of ether oxygens (including phenoxy) is 1. The van der Waals surface area contributed by atoms with Crippen molar-refractivity contribution in [3.05, 3.63) is 46.4 Å². The van der Waals surface area contributed by atoms with Crippen molar-refractivity contribution in [3.63, 3.8) is 0 Å². The highest BCUT2D eigenvalue weighted by Crippen LogP contribution is 2.15. The first kappa shape index (κ1) is 10.6. The number of rotatable bonds is 4. The van der Waals surface area contributed by atoms with E-state index in [0.29, 0.717) is 11.5 Å². The van der Waals surface area contributed by atoms with Crippen LogP contribution >= 0.6 is 11.3 Å². The van der Waals surface area contributed by atoms with Crippen LogP contribution in [0.25, 0.3) is 0 Å². The molecule has 1 heterocycles. The molecule has 2 rings (SSSR count). The largest absolute Gasteiger partial charge is 0.486 e. The Morgan fingerprint density at radius 1 is 1.38 bits per heavy atom. The summed E-state index contributed by atoms with van der Waals surface area (Å²) >= 11 is 1.37. The summed E-state index contributed by atoms with van der Waals surface area (Å²) in [4.78, 5) is 4.80. The summed E-state index contributed by atoms with van der Waals surface area (Å²) in [5, 5.41) is 8.07. The van der Waals surface area contributed by atoms with Crippen LogP contribution in [0.5, 0.6) is 5.75 Å². The second-order valence-electron chi connectivity index (χ2n) is 3.13. The zero-order valence-corrected chi connectivity index (χ0v) is 9.33. The van der Waals surface area contributed by atoms with E-state index in [9.17, 15) is 0 Å². The molecule has 2 aromatic rings. The van der Waals surface area contributed by atoms with Gasteiger partial charge in [0.2, 0.25) is 0 Å². The van der Waals surface area contributed by atoms with E-state index in [0.717, 1.165) is 10.8 Å². The Hall–Kier alpha value is -1.88. The van der Waals surface area contributed by atoms with E-state index in [1.165, 1.54) is 11.3 Å². The van der Waals surface area contributed by atoms with E-state index < -0.39 is 0 Å². The lowest BCUT2D eigenvalue weighted by molar-refractivity contribution is 0.305. The smallest absolute Gasteiger partial charge is 0.140 e. The minimum Gasteiger partial charge on any atom is -0.486 e. The third kappa shape index (κ3) is 2.58. The molecule has 0 radical (unpaired) electrons. The monoisotopic (exact) mass is 233 g/mol. The predicted octanol–water partition coefficient (Wildman–Crippen LogP) is 2.01. The van der Waals surface area contributed by atoms with Crippen molar-refractivity contribution >= 4 is 17.2 Å². The number of para-hydroxylation sites is 1. The fraction of sp³-hybridized carbons (Fsp3) is 0.0909. The lowest BCUT2D eigenvalue weighted by atomic mass is 10.3. The first-order valence-electron chi connectivity index (χ1n) is 4.72. The molecule has 4 nitrogen and oxygen atoms in total. The lowest BCUT2D eigenvalue weighted by Crippen LogP contribution is -2.08. The highest BCUT2D eigenvalue weighted by Gasteiger charge is 2.04. The fourth-order valence-electron chi connectivity index (χ4n) is 1.16. The molecule has 3 N–H and O–H groups in total. The van der Waals surface area contributed by atoms with Crippen LogP contribution in [0, 0.1) is 5.41 Å². The number of amidine groups is 1. The standard InChI is InChI=1S/C11H11N3OS/c12-11(13)9-6-14-10(16-9)7-15-8-4-2-1-3-5-8/h1-6H,7H2,(H3,12,13). The minimum absolute atomic E-state index is 0.0449. The van der Waals surface area contributed by atoms with Crippen molar-refractivity contribution in [2.24, 2.45) is 5.73 Å². The topological polar surface area (TPSA) is 72.0 Å². The van der Waals surface area contributed by atoms with Crippen molar-refractivity contribution in [1.29, 1.82) is 5.41 Å². The van der Waals surface area contributed by atoms with Crippen LogP contribution in [0.1, 0.15) is 9.88 Å². The van der Waals surface area contributed by atoms with Crippen LogP contribution in [0.3, 0.4) is 0 Å². The van der Waals surface area contributed by atoms with Gasteiger partial charge in [0.15, 0.2) is 0 Å². The first-order chi connectivity index (χ1) is 7.75. The summed E-state index contributed by atoms with van der Waals surface area (Å²) < 4.78 is 5.52. The molecular weight excluding hydrogens is 222 g/mol. The maximum atomic E-state index is 7.25. The van der Waals surface area contributed by atoms with Gasteiger partial charge in [-0.2, -0.15) is 0 Å². The van der Waals surface area contributed by atoms with Gasteiger partial charge in [-0.25, -0.2) is 4.98 Å². The van der Waals surface area contributed by atoms with Gasteiger partial charge in [0, 0.05) is 6.20 Å². The van der Waals surface area contributed by atoms with Crippen LogP contribution in [0.4, 0.5) is 0 Å². The van der Waals surface area contributed by atoms with Gasteiger partial charge in [-0.3, -0.25) is 5.41 Å². The molecule has 0 aliphatic rings. The number of aromatic nitrogens is 1. The molecule has 0 saturated carbocycles. The van der Waals surface area contributed by atoms with E-state index in [2.05, 4.69) is 4.98 Å². The number of nitrogens with zero attached hydrogens (tertiary/aromatic N) is 1. The Bertz CT molecular complexity index is 481. The highest BCUT2D eigenvalue weighted by molar-refractivity contribution is 7.13. The normalized spacial score (nSPS) is 10.0. The van der Waals surface area contributed by atoms with Crippen LogP contribution < -0.4 is 10.5 Å². The lowest BCUT2D eigenvalue weighted by Gasteiger charge is -2.02. The number of thiazole rings is 1. The molecule has 0 fully saturated rings. The van der Waals surface area contributed by atoms with Gasteiger partial charge in [-0.1, -0.05) is 18.2 Å². The molecule has 0 amide bonds. The number of benzene rings is 1. The van der Waals surface area contributed by atoms with E-state index in [1.807, 2.05) is 30.3 Å². The van der Waals surface area contributed by atoms with Gasteiger partial charge in [0.25, 0.3) is 0 Å². The Balaban J connectivity index is 1.97. The number of hydrogen-bond acceptors (Lipinski definition) is 4. The predicted molar refractivity (Wildman–Crippen MR) is 63.9 cm³/mol. The molecule has 0 aliphatic heterocycles. The van der Waals surface area contributed by atoms with Crippen LogP contribution in [0.15, 0.2) is 36.5 Å². The van der Waals surface area contributed by atoms with Crippen molar-refractivity contribution in [2.75, 3.05) is 0 Å². The molecule has 0 aliphatic carbocycles. The number of nitrogen functional groups attached to an aromatic ring is 1. The van der Waals surface area contributed by atoms with Crippen LogP contribution in [0.2, 0.25) is 0 Å². The maximum absolute atomic E-state index is 7.25. The zero-order valence-electron chi connectivity index (χ0n) is 8.51. The molecule has 1 aromatic carbocycles. The quantitative estimate of drug-likeness (QED) is 0.626. The zero-order chi connectivity index (χ0) is 11.4. The molecule has 0 unspecified atom stereocenters. The van der Waals surface area contributed by atoms with Crippen molar-refractivity contribution in [1.82, 2.24) is 4.98 Å². The van der Waals surface area contributed by atoms with E-state index in [1.54, 1.807) is 6.20 Å². The highest BCUT2D eigenvalue weighted by atomic mass is 32.1. The summed E-state index contributed by atoms with van der Waals surface area (Å²) in [7, 11) is 0. The fourth-order valence-corrected chi connectivity index (χ4v) is 1.86. The second-order valence-corrected chi connectivity index (χ2v) is 4.25. The molecular formula is C11H11N3OS. The molecule has 5 heteroatoms. The van der Waals surface area contributed by atoms with Gasteiger partial charge >= 0.3 is 0 Å². The maximum Gasteiger partial charge on any atom is 0.140 e. The van der Waals surface area contributed by atoms with Crippen molar-refractivity contribution in [2.45, 2.75) is 6.61 Å². The molecule has 0 bridgehead atoms. The summed E-state index contributed by atoms with van der Waals surface area (Å²) in [5.74, 6) is 0.852. The van der Waals surface area contributed by atoms with E-state index in [4.69, 9.17) is 15.9 Å². The summed E-state index contributed by atoms with van der Waals surface area (Å²) in [6.45, 7) is 0.405. The average Bonchev–Trinajstić information content (AvgIpc) is 2.76. The summed E-state index contributed by atoms with van der Waals surface area (Å²) in [6.07, 6.45) is 1.59. The summed E-state index contributed by atoms with van der Waals surface area (Å²) in [6, 6.07) is 9.54. The Morgan fingerprint density at radius 2 is 2.12 bits per heavy atom. The van der Waals surface area contributed by atoms with Gasteiger partial charge < -0.3 is 10.5 Å².